The summed E-state index contributed by atoms with van der Waals surface area (Å²) in [6.07, 6.45) is 1.49. The predicted octanol–water partition coefficient (Wildman–Crippen LogP) is 1.37. The fourth-order valence-corrected chi connectivity index (χ4v) is 3.14. The zero-order valence-corrected chi connectivity index (χ0v) is 14.0. The van der Waals surface area contributed by atoms with Crippen LogP contribution in [0.1, 0.15) is 6.92 Å². The van der Waals surface area contributed by atoms with Gasteiger partial charge in [0, 0.05) is 26.2 Å². The van der Waals surface area contributed by atoms with Crippen LogP contribution >= 0.6 is 0 Å². The molecule has 8 heteroatoms. The molecule has 0 saturated carbocycles. The van der Waals surface area contributed by atoms with Crippen LogP contribution in [0.2, 0.25) is 0 Å². The van der Waals surface area contributed by atoms with Crippen LogP contribution in [-0.2, 0) is 0 Å². The van der Waals surface area contributed by atoms with E-state index in [1.165, 1.54) is 6.20 Å². The Balaban J connectivity index is 1.52. The molecule has 4 rings (SSSR count). The minimum atomic E-state index is -0.169. The Bertz CT molecular complexity index is 926. The summed E-state index contributed by atoms with van der Waals surface area (Å²) < 4.78 is 5.73. The standard InChI is InChI=1S/C17H20N6O2/c1-2-25-14-6-4-3-5-13(14)22-7-9-23(10-8-22)17-19-15-12(11-18-21-15)16(24)20-17/h3-6,11H,2,7-10H2,1H3,(H2,18,19,20,21,24). The Hall–Kier alpha value is -3.03. The molecule has 0 atom stereocenters. The Morgan fingerprint density at radius 3 is 2.72 bits per heavy atom. The minimum absolute atomic E-state index is 0.169. The zero-order chi connectivity index (χ0) is 17.2. The summed E-state index contributed by atoms with van der Waals surface area (Å²) in [4.78, 5) is 23.8. The first-order valence-corrected chi connectivity index (χ1v) is 8.41. The Labute approximate surface area is 144 Å². The van der Waals surface area contributed by atoms with Crippen LogP contribution in [-0.4, -0.2) is 53.0 Å². The summed E-state index contributed by atoms with van der Waals surface area (Å²) in [7, 11) is 0. The highest BCUT2D eigenvalue weighted by Gasteiger charge is 2.21. The van der Waals surface area contributed by atoms with Crippen LogP contribution in [0.25, 0.3) is 11.0 Å². The van der Waals surface area contributed by atoms with Gasteiger partial charge in [0.15, 0.2) is 5.65 Å². The molecule has 8 nitrogen and oxygen atoms in total. The second kappa shape index (κ2) is 6.46. The number of hydrogen-bond acceptors (Lipinski definition) is 6. The van der Waals surface area contributed by atoms with E-state index in [0.717, 1.165) is 37.6 Å². The van der Waals surface area contributed by atoms with Crippen molar-refractivity contribution >= 4 is 22.7 Å². The number of benzene rings is 1. The van der Waals surface area contributed by atoms with Gasteiger partial charge in [-0.1, -0.05) is 12.1 Å². The molecule has 0 bridgehead atoms. The SMILES string of the molecule is CCOc1ccccc1N1CCN(c2nc3[nH]ncc3c(=O)[nH]2)CC1. The van der Waals surface area contributed by atoms with Crippen molar-refractivity contribution in [1.82, 2.24) is 20.2 Å². The molecular weight excluding hydrogens is 320 g/mol. The molecule has 1 fully saturated rings. The van der Waals surface area contributed by atoms with Gasteiger partial charge in [-0.2, -0.15) is 10.1 Å². The van der Waals surface area contributed by atoms with Crippen LogP contribution in [0, 0.1) is 0 Å². The molecule has 1 saturated heterocycles. The van der Waals surface area contributed by atoms with Gasteiger partial charge in [0.1, 0.15) is 11.1 Å². The van der Waals surface area contributed by atoms with Crippen LogP contribution in [0.5, 0.6) is 5.75 Å². The van der Waals surface area contributed by atoms with E-state index in [-0.39, 0.29) is 5.56 Å². The van der Waals surface area contributed by atoms with Crippen molar-refractivity contribution in [1.29, 1.82) is 0 Å². The second-order valence-electron chi connectivity index (χ2n) is 5.90. The molecule has 1 aliphatic heterocycles. The summed E-state index contributed by atoms with van der Waals surface area (Å²) in [5.74, 6) is 1.49. The number of nitrogens with zero attached hydrogens (tertiary/aromatic N) is 4. The number of anilines is 2. The molecule has 130 valence electrons. The highest BCUT2D eigenvalue weighted by atomic mass is 16.5. The first-order valence-electron chi connectivity index (χ1n) is 8.41. The molecule has 1 aliphatic rings. The second-order valence-corrected chi connectivity index (χ2v) is 5.90. The monoisotopic (exact) mass is 340 g/mol. The maximum atomic E-state index is 12.1. The lowest BCUT2D eigenvalue weighted by Crippen LogP contribution is -2.47. The van der Waals surface area contributed by atoms with E-state index in [4.69, 9.17) is 4.74 Å². The van der Waals surface area contributed by atoms with Crippen LogP contribution < -0.4 is 20.1 Å². The molecule has 3 aromatic rings. The van der Waals surface area contributed by atoms with Gasteiger partial charge in [-0.3, -0.25) is 14.9 Å². The lowest BCUT2D eigenvalue weighted by atomic mass is 10.2. The van der Waals surface area contributed by atoms with Gasteiger partial charge in [-0.15, -0.1) is 0 Å². The highest BCUT2D eigenvalue weighted by molar-refractivity contribution is 5.73. The average molecular weight is 340 g/mol. The Morgan fingerprint density at radius 2 is 1.92 bits per heavy atom. The molecule has 0 amide bonds. The summed E-state index contributed by atoms with van der Waals surface area (Å²) in [5.41, 5.74) is 1.45. The van der Waals surface area contributed by atoms with Gasteiger partial charge in [0.2, 0.25) is 5.95 Å². The van der Waals surface area contributed by atoms with E-state index in [2.05, 4.69) is 36.0 Å². The van der Waals surface area contributed by atoms with E-state index in [1.54, 1.807) is 0 Å². The van der Waals surface area contributed by atoms with E-state index in [1.807, 2.05) is 25.1 Å². The lowest BCUT2D eigenvalue weighted by Gasteiger charge is -2.36. The first kappa shape index (κ1) is 15.5. The number of fused-ring (bicyclic) bond motifs is 1. The predicted molar refractivity (Wildman–Crippen MR) is 96.5 cm³/mol. The average Bonchev–Trinajstić information content (AvgIpc) is 3.12. The highest BCUT2D eigenvalue weighted by Crippen LogP contribution is 2.29. The van der Waals surface area contributed by atoms with E-state index >= 15 is 0 Å². The molecule has 0 spiro atoms. The third-order valence-corrected chi connectivity index (χ3v) is 4.39. The molecule has 3 heterocycles. The van der Waals surface area contributed by atoms with E-state index in [0.29, 0.717) is 23.6 Å². The van der Waals surface area contributed by atoms with Crippen molar-refractivity contribution in [2.45, 2.75) is 6.92 Å². The number of aromatic amines is 2. The summed E-state index contributed by atoms with van der Waals surface area (Å²) >= 11 is 0. The summed E-state index contributed by atoms with van der Waals surface area (Å²) in [5, 5.41) is 7.12. The quantitative estimate of drug-likeness (QED) is 0.746. The third-order valence-electron chi connectivity index (χ3n) is 4.39. The van der Waals surface area contributed by atoms with Crippen molar-refractivity contribution < 1.29 is 4.74 Å². The molecule has 0 unspecified atom stereocenters. The van der Waals surface area contributed by atoms with Crippen molar-refractivity contribution in [2.24, 2.45) is 0 Å². The number of piperazine rings is 1. The van der Waals surface area contributed by atoms with E-state index in [9.17, 15) is 4.79 Å². The third kappa shape index (κ3) is 2.90. The Morgan fingerprint density at radius 1 is 1.16 bits per heavy atom. The number of aromatic nitrogens is 4. The number of H-pyrrole nitrogens is 2. The van der Waals surface area contributed by atoms with Crippen LogP contribution in [0.3, 0.4) is 0 Å². The number of nitrogens with one attached hydrogen (secondary N) is 2. The normalized spacial score (nSPS) is 14.9. The molecule has 2 aromatic heterocycles. The van der Waals surface area contributed by atoms with Gasteiger partial charge in [-0.05, 0) is 19.1 Å². The molecule has 1 aromatic carbocycles. The topological polar surface area (TPSA) is 90.1 Å². The van der Waals surface area contributed by atoms with Gasteiger partial charge < -0.3 is 14.5 Å². The lowest BCUT2D eigenvalue weighted by molar-refractivity contribution is 0.340. The molecule has 0 aliphatic carbocycles. The minimum Gasteiger partial charge on any atom is -0.492 e. The van der Waals surface area contributed by atoms with Crippen LogP contribution in [0.15, 0.2) is 35.3 Å². The van der Waals surface area contributed by atoms with Gasteiger partial charge in [0.05, 0.1) is 18.5 Å². The van der Waals surface area contributed by atoms with E-state index < -0.39 is 0 Å². The van der Waals surface area contributed by atoms with Crippen LogP contribution in [0.4, 0.5) is 11.6 Å². The van der Waals surface area contributed by atoms with Gasteiger partial charge in [0.25, 0.3) is 5.56 Å². The fraction of sp³-hybridized carbons (Fsp3) is 0.353. The van der Waals surface area contributed by atoms with Crippen molar-refractivity contribution in [3.8, 4) is 5.75 Å². The number of hydrogen-bond donors (Lipinski definition) is 2. The van der Waals surface area contributed by atoms with Crippen molar-refractivity contribution in [2.75, 3.05) is 42.6 Å². The van der Waals surface area contributed by atoms with Crippen molar-refractivity contribution in [3.63, 3.8) is 0 Å². The summed E-state index contributed by atoms with van der Waals surface area (Å²) in [6.45, 7) is 5.82. The molecule has 2 N–H and O–H groups in total. The largest absolute Gasteiger partial charge is 0.492 e. The maximum Gasteiger partial charge on any atom is 0.263 e. The van der Waals surface area contributed by atoms with Gasteiger partial charge in [-0.25, -0.2) is 0 Å². The molecular formula is C17H20N6O2. The first-order chi connectivity index (χ1) is 12.3. The Kier molecular flexibility index (Phi) is 4.01. The van der Waals surface area contributed by atoms with Gasteiger partial charge >= 0.3 is 0 Å². The zero-order valence-electron chi connectivity index (χ0n) is 14.0. The molecule has 25 heavy (non-hydrogen) atoms. The number of ether oxygens (including phenoxy) is 1. The van der Waals surface area contributed by atoms with Crippen molar-refractivity contribution in [3.05, 3.63) is 40.8 Å². The smallest absolute Gasteiger partial charge is 0.263 e. The number of rotatable bonds is 4. The molecule has 0 radical (unpaired) electrons. The summed E-state index contributed by atoms with van der Waals surface area (Å²) in [6, 6.07) is 8.09. The number of para-hydroxylation sites is 2. The maximum absolute atomic E-state index is 12.1. The fourth-order valence-electron chi connectivity index (χ4n) is 3.14.